The minimum Gasteiger partial charge on any atom is -0.508 e. The van der Waals surface area contributed by atoms with Gasteiger partial charge < -0.3 is 19.1 Å². The molecule has 2 heterocycles. The lowest BCUT2D eigenvalue weighted by Gasteiger charge is -2.14. The molecule has 0 amide bonds. The fraction of sp³-hybridized carbons (Fsp3) is 0.143. The molecule has 27 heavy (non-hydrogen) atoms. The second-order valence-electron chi connectivity index (χ2n) is 6.20. The van der Waals surface area contributed by atoms with Crippen molar-refractivity contribution >= 4 is 28.1 Å². The lowest BCUT2D eigenvalue weighted by Crippen LogP contribution is -2.00. The van der Waals surface area contributed by atoms with Crippen molar-refractivity contribution in [3.8, 4) is 28.5 Å². The number of aromatic hydroxyl groups is 1. The number of fused-ring (bicyclic) bond motifs is 3. The van der Waals surface area contributed by atoms with Gasteiger partial charge in [0.15, 0.2) is 17.8 Å². The minimum atomic E-state index is 0.202. The lowest BCUT2D eigenvalue weighted by atomic mass is 10.0. The van der Waals surface area contributed by atoms with Crippen LogP contribution in [-0.2, 0) is 7.05 Å². The van der Waals surface area contributed by atoms with Gasteiger partial charge in [-0.3, -0.25) is 9.78 Å². The molecule has 0 fully saturated rings. The van der Waals surface area contributed by atoms with E-state index in [-0.39, 0.29) is 5.75 Å². The monoisotopic (exact) mass is 362 g/mol. The van der Waals surface area contributed by atoms with Crippen LogP contribution >= 0.6 is 0 Å². The maximum Gasteiger partial charge on any atom is 0.171 e. The van der Waals surface area contributed by atoms with E-state index in [0.29, 0.717) is 28.3 Å². The summed E-state index contributed by atoms with van der Waals surface area (Å²) < 4.78 is 12.7. The first-order valence-electron chi connectivity index (χ1n) is 8.37. The average Bonchev–Trinajstić information content (AvgIpc) is 2.98. The van der Waals surface area contributed by atoms with E-state index < -0.39 is 0 Å². The van der Waals surface area contributed by atoms with Gasteiger partial charge in [0.1, 0.15) is 5.75 Å². The molecule has 0 aliphatic heterocycles. The first-order valence-corrected chi connectivity index (χ1v) is 8.37. The molecule has 2 aromatic carbocycles. The third kappa shape index (κ3) is 2.41. The van der Waals surface area contributed by atoms with E-state index in [1.54, 1.807) is 24.4 Å². The molecule has 136 valence electrons. The quantitative estimate of drug-likeness (QED) is 0.557. The van der Waals surface area contributed by atoms with Gasteiger partial charge in [0, 0.05) is 35.1 Å². The Kier molecular flexibility index (Phi) is 3.96. The van der Waals surface area contributed by atoms with Gasteiger partial charge in [-0.2, -0.15) is 0 Å². The maximum absolute atomic E-state index is 11.9. The Morgan fingerprint density at radius 2 is 1.89 bits per heavy atom. The molecular weight excluding hydrogens is 344 g/mol. The van der Waals surface area contributed by atoms with Crippen LogP contribution in [0.2, 0.25) is 0 Å². The van der Waals surface area contributed by atoms with Crippen LogP contribution in [0.15, 0.2) is 42.6 Å². The summed E-state index contributed by atoms with van der Waals surface area (Å²) in [7, 11) is 4.97. The zero-order valence-electron chi connectivity index (χ0n) is 15.2. The number of ether oxygens (including phenoxy) is 2. The Morgan fingerprint density at radius 3 is 2.59 bits per heavy atom. The Hall–Kier alpha value is -3.54. The Bertz CT molecular complexity index is 1190. The molecule has 0 bridgehead atoms. The Morgan fingerprint density at radius 1 is 1.07 bits per heavy atom. The molecule has 0 spiro atoms. The van der Waals surface area contributed by atoms with Crippen molar-refractivity contribution in [1.29, 1.82) is 0 Å². The zero-order valence-corrected chi connectivity index (χ0v) is 15.2. The molecule has 4 rings (SSSR count). The molecular formula is C21H18N2O4. The van der Waals surface area contributed by atoms with Crippen molar-refractivity contribution in [2.75, 3.05) is 14.2 Å². The highest BCUT2D eigenvalue weighted by atomic mass is 16.5. The van der Waals surface area contributed by atoms with Crippen molar-refractivity contribution in [1.82, 2.24) is 9.55 Å². The van der Waals surface area contributed by atoms with Crippen LogP contribution in [0.4, 0.5) is 0 Å². The van der Waals surface area contributed by atoms with E-state index in [1.807, 2.05) is 29.8 Å². The SMILES string of the molecule is COc1ccc(-c2nccc3c4cc(O)ccc4n(C)c23)c(C=O)c1OC. The Labute approximate surface area is 155 Å². The third-order valence-electron chi connectivity index (χ3n) is 4.85. The van der Waals surface area contributed by atoms with Crippen LogP contribution in [0.5, 0.6) is 17.2 Å². The summed E-state index contributed by atoms with van der Waals surface area (Å²) in [4.78, 5) is 16.4. The van der Waals surface area contributed by atoms with Crippen LogP contribution in [-0.4, -0.2) is 35.2 Å². The third-order valence-corrected chi connectivity index (χ3v) is 4.85. The summed E-state index contributed by atoms with van der Waals surface area (Å²) in [6.45, 7) is 0. The smallest absolute Gasteiger partial charge is 0.171 e. The second kappa shape index (κ2) is 6.32. The Balaban J connectivity index is 2.12. The number of hydrogen-bond donors (Lipinski definition) is 1. The molecule has 0 radical (unpaired) electrons. The average molecular weight is 362 g/mol. The number of carbonyl (C=O) groups is 1. The maximum atomic E-state index is 11.9. The van der Waals surface area contributed by atoms with Crippen molar-refractivity contribution in [2.24, 2.45) is 7.05 Å². The van der Waals surface area contributed by atoms with Gasteiger partial charge in [-0.25, -0.2) is 0 Å². The lowest BCUT2D eigenvalue weighted by molar-refractivity contribution is 0.112. The molecule has 6 heteroatoms. The highest BCUT2D eigenvalue weighted by Crippen LogP contribution is 2.40. The number of carbonyl (C=O) groups excluding carboxylic acids is 1. The standard InChI is InChI=1S/C21H18N2O4/c1-23-17-6-4-12(25)10-15(17)14-8-9-22-19(20(14)23)13-5-7-18(26-2)21(27-3)16(13)11-24/h4-11,25H,1-3H3. The number of nitrogens with zero attached hydrogens (tertiary/aromatic N) is 2. The first kappa shape index (κ1) is 16.9. The molecule has 4 aromatic rings. The summed E-state index contributed by atoms with van der Waals surface area (Å²) in [5, 5.41) is 11.8. The summed E-state index contributed by atoms with van der Waals surface area (Å²) in [5.41, 5.74) is 3.53. The van der Waals surface area contributed by atoms with Gasteiger partial charge in [-0.15, -0.1) is 0 Å². The summed E-state index contributed by atoms with van der Waals surface area (Å²) in [6.07, 6.45) is 2.46. The van der Waals surface area contributed by atoms with Crippen LogP contribution < -0.4 is 9.47 Å². The van der Waals surface area contributed by atoms with Gasteiger partial charge in [0.05, 0.1) is 31.0 Å². The number of methoxy groups -OCH3 is 2. The number of pyridine rings is 1. The van der Waals surface area contributed by atoms with Crippen molar-refractivity contribution in [2.45, 2.75) is 0 Å². The number of phenolic OH excluding ortho intramolecular Hbond substituents is 1. The molecule has 2 aromatic heterocycles. The number of aryl methyl sites for hydroxylation is 1. The van der Waals surface area contributed by atoms with E-state index in [9.17, 15) is 9.90 Å². The largest absolute Gasteiger partial charge is 0.508 e. The van der Waals surface area contributed by atoms with E-state index in [0.717, 1.165) is 28.1 Å². The predicted molar refractivity (Wildman–Crippen MR) is 104 cm³/mol. The molecule has 0 aliphatic rings. The number of phenols is 1. The van der Waals surface area contributed by atoms with Gasteiger partial charge >= 0.3 is 0 Å². The normalized spacial score (nSPS) is 11.1. The van der Waals surface area contributed by atoms with E-state index in [1.165, 1.54) is 14.2 Å². The van der Waals surface area contributed by atoms with E-state index in [4.69, 9.17) is 9.47 Å². The highest BCUT2D eigenvalue weighted by molar-refractivity contribution is 6.13. The number of benzene rings is 2. The highest BCUT2D eigenvalue weighted by Gasteiger charge is 2.20. The molecule has 0 saturated carbocycles. The van der Waals surface area contributed by atoms with Crippen molar-refractivity contribution in [3.05, 3.63) is 48.2 Å². The van der Waals surface area contributed by atoms with Crippen LogP contribution in [0.3, 0.4) is 0 Å². The molecule has 0 aliphatic carbocycles. The zero-order chi connectivity index (χ0) is 19.1. The van der Waals surface area contributed by atoms with Gasteiger partial charge in [0.2, 0.25) is 0 Å². The van der Waals surface area contributed by atoms with Gasteiger partial charge in [-0.1, -0.05) is 0 Å². The van der Waals surface area contributed by atoms with E-state index in [2.05, 4.69) is 4.98 Å². The topological polar surface area (TPSA) is 73.6 Å². The fourth-order valence-electron chi connectivity index (χ4n) is 3.63. The van der Waals surface area contributed by atoms with Gasteiger partial charge in [-0.05, 0) is 36.4 Å². The minimum absolute atomic E-state index is 0.202. The molecule has 0 unspecified atom stereocenters. The van der Waals surface area contributed by atoms with Gasteiger partial charge in [0.25, 0.3) is 0 Å². The number of hydrogen-bond acceptors (Lipinski definition) is 5. The number of rotatable bonds is 4. The summed E-state index contributed by atoms with van der Waals surface area (Å²) in [6, 6.07) is 10.7. The molecule has 6 nitrogen and oxygen atoms in total. The predicted octanol–water partition coefficient (Wildman–Crippen LogP) is 3.93. The first-order chi connectivity index (χ1) is 13.1. The summed E-state index contributed by atoms with van der Waals surface area (Å²) >= 11 is 0. The van der Waals surface area contributed by atoms with E-state index >= 15 is 0 Å². The van der Waals surface area contributed by atoms with Crippen molar-refractivity contribution < 1.29 is 19.4 Å². The molecule has 0 atom stereocenters. The second-order valence-corrected chi connectivity index (χ2v) is 6.20. The number of aldehydes is 1. The fourth-order valence-corrected chi connectivity index (χ4v) is 3.63. The van der Waals surface area contributed by atoms with Crippen LogP contribution in [0.1, 0.15) is 10.4 Å². The number of aromatic nitrogens is 2. The summed E-state index contributed by atoms with van der Waals surface area (Å²) in [5.74, 6) is 1.06. The molecule has 0 saturated heterocycles. The van der Waals surface area contributed by atoms with Crippen molar-refractivity contribution in [3.63, 3.8) is 0 Å². The molecule has 1 N–H and O–H groups in total. The van der Waals surface area contributed by atoms with Crippen LogP contribution in [0, 0.1) is 0 Å². The van der Waals surface area contributed by atoms with Crippen LogP contribution in [0.25, 0.3) is 33.1 Å².